The third-order valence-corrected chi connectivity index (χ3v) is 6.44. The van der Waals surface area contributed by atoms with Gasteiger partial charge in [-0.2, -0.15) is 26.3 Å². The SMILES string of the molecule is Clc1ccccc1CN1C[C@@H]2COC[C@]2(CN2CCOCC2)C1.O=C(O)C(F)(F)F.O=C(O)C(F)(F)F. The second kappa shape index (κ2) is 13.1. The quantitative estimate of drug-likeness (QED) is 0.537. The van der Waals surface area contributed by atoms with Gasteiger partial charge in [-0.3, -0.25) is 9.80 Å². The molecule has 3 heterocycles. The first-order valence-electron chi connectivity index (χ1n) is 11.1. The number of nitrogens with zero attached hydrogens (tertiary/aromatic N) is 2. The number of halogens is 7. The molecule has 1 aromatic carbocycles. The molecule has 0 radical (unpaired) electrons. The number of benzene rings is 1. The third kappa shape index (κ3) is 9.60. The van der Waals surface area contributed by atoms with Crippen LogP contribution in [0.4, 0.5) is 26.3 Å². The molecule has 15 heteroatoms. The average Bonchev–Trinajstić information content (AvgIpc) is 3.32. The second-order valence-corrected chi connectivity index (χ2v) is 9.24. The van der Waals surface area contributed by atoms with E-state index >= 15 is 0 Å². The van der Waals surface area contributed by atoms with Crippen LogP contribution in [0, 0.1) is 11.3 Å². The fourth-order valence-corrected chi connectivity index (χ4v) is 4.55. The van der Waals surface area contributed by atoms with Gasteiger partial charge in [-0.1, -0.05) is 29.8 Å². The maximum absolute atomic E-state index is 10.6. The van der Waals surface area contributed by atoms with E-state index in [0.717, 1.165) is 70.7 Å². The number of morpholine rings is 1. The molecule has 3 aliphatic heterocycles. The van der Waals surface area contributed by atoms with Crippen molar-refractivity contribution in [2.45, 2.75) is 18.9 Å². The van der Waals surface area contributed by atoms with E-state index in [1.165, 1.54) is 5.56 Å². The van der Waals surface area contributed by atoms with Crippen LogP contribution in [0.5, 0.6) is 0 Å². The molecule has 2 N–H and O–H groups in total. The van der Waals surface area contributed by atoms with Crippen molar-refractivity contribution in [2.24, 2.45) is 11.3 Å². The Kier molecular flexibility index (Phi) is 11.0. The van der Waals surface area contributed by atoms with E-state index in [-0.39, 0.29) is 0 Å². The van der Waals surface area contributed by atoms with Crippen LogP contribution in [-0.2, 0) is 25.6 Å². The Morgan fingerprint density at radius 1 is 0.973 bits per heavy atom. The van der Waals surface area contributed by atoms with Gasteiger partial charge in [0.2, 0.25) is 0 Å². The third-order valence-electron chi connectivity index (χ3n) is 6.07. The first kappa shape index (κ1) is 31.1. The smallest absolute Gasteiger partial charge is 0.475 e. The first-order chi connectivity index (χ1) is 17.1. The number of carboxylic acid groups (broad SMARTS) is 2. The van der Waals surface area contributed by atoms with Crippen LogP contribution in [-0.4, -0.2) is 103 Å². The van der Waals surface area contributed by atoms with Crippen molar-refractivity contribution in [3.05, 3.63) is 34.9 Å². The number of fused-ring (bicyclic) bond motifs is 1. The number of carbonyl (C=O) groups is 2. The molecule has 0 saturated carbocycles. The lowest BCUT2D eigenvalue weighted by molar-refractivity contribution is -0.193. The number of rotatable bonds is 4. The van der Waals surface area contributed by atoms with Gasteiger partial charge >= 0.3 is 24.3 Å². The van der Waals surface area contributed by atoms with Crippen LogP contribution in [0.3, 0.4) is 0 Å². The van der Waals surface area contributed by atoms with Crippen LogP contribution < -0.4 is 0 Å². The largest absolute Gasteiger partial charge is 0.490 e. The summed E-state index contributed by atoms with van der Waals surface area (Å²) in [5.41, 5.74) is 1.52. The highest BCUT2D eigenvalue weighted by atomic mass is 35.5. The highest BCUT2D eigenvalue weighted by Crippen LogP contribution is 2.42. The summed E-state index contributed by atoms with van der Waals surface area (Å²) in [5.74, 6) is -4.87. The van der Waals surface area contributed by atoms with Gasteiger partial charge in [-0.15, -0.1) is 0 Å². The fraction of sp³-hybridized carbons (Fsp3) is 0.636. The number of hydrogen-bond acceptors (Lipinski definition) is 6. The topological polar surface area (TPSA) is 99.5 Å². The van der Waals surface area contributed by atoms with Gasteiger partial charge in [0.05, 0.1) is 26.4 Å². The zero-order chi connectivity index (χ0) is 27.9. The van der Waals surface area contributed by atoms with E-state index in [1.807, 2.05) is 12.1 Å². The van der Waals surface area contributed by atoms with E-state index in [1.54, 1.807) is 0 Å². The number of carboxylic acids is 2. The van der Waals surface area contributed by atoms with Crippen molar-refractivity contribution in [2.75, 3.05) is 59.2 Å². The van der Waals surface area contributed by atoms with E-state index in [2.05, 4.69) is 21.9 Å². The molecule has 3 fully saturated rings. The molecular weight excluding hydrogens is 538 g/mol. The zero-order valence-electron chi connectivity index (χ0n) is 19.5. The lowest BCUT2D eigenvalue weighted by atomic mass is 9.80. The van der Waals surface area contributed by atoms with Gasteiger partial charge in [-0.05, 0) is 11.6 Å². The highest BCUT2D eigenvalue weighted by molar-refractivity contribution is 6.31. The number of likely N-dealkylation sites (tertiary alicyclic amines) is 1. The van der Waals surface area contributed by atoms with Crippen LogP contribution in [0.2, 0.25) is 5.02 Å². The van der Waals surface area contributed by atoms with Crippen LogP contribution in [0.25, 0.3) is 0 Å². The molecular formula is C22H27ClF6N2O6. The monoisotopic (exact) mass is 564 g/mol. The van der Waals surface area contributed by atoms with Crippen molar-refractivity contribution in [1.29, 1.82) is 0 Å². The lowest BCUT2D eigenvalue weighted by Gasteiger charge is -2.36. The Labute approximate surface area is 213 Å². The van der Waals surface area contributed by atoms with Crippen molar-refractivity contribution >= 4 is 23.5 Å². The Morgan fingerprint density at radius 3 is 2.03 bits per heavy atom. The summed E-state index contributed by atoms with van der Waals surface area (Å²) in [6.45, 7) is 9.96. The van der Waals surface area contributed by atoms with E-state index < -0.39 is 24.3 Å². The van der Waals surface area contributed by atoms with Crippen LogP contribution in [0.15, 0.2) is 24.3 Å². The summed E-state index contributed by atoms with van der Waals surface area (Å²) in [6.07, 6.45) is -10.2. The maximum atomic E-state index is 10.6. The standard InChI is InChI=1S/C18H25ClN2O2.2C2HF3O2/c19-17-4-2-1-3-15(17)9-21-10-16-11-23-14-18(16,13-21)12-20-5-7-22-8-6-20;2*3-2(4,5)1(6)7/h1-4,16H,5-14H2;2*(H,6,7)/t16-,18+;;/m1../s1. The summed E-state index contributed by atoms with van der Waals surface area (Å²) in [5, 5.41) is 15.1. The molecule has 1 aromatic rings. The van der Waals surface area contributed by atoms with Crippen molar-refractivity contribution in [1.82, 2.24) is 9.80 Å². The Hall–Kier alpha value is -2.13. The predicted octanol–water partition coefficient (Wildman–Crippen LogP) is 3.39. The Balaban J connectivity index is 0.000000286. The summed E-state index contributed by atoms with van der Waals surface area (Å²) in [4.78, 5) is 22.9. The van der Waals surface area contributed by atoms with Gasteiger partial charge in [0.25, 0.3) is 0 Å². The molecule has 0 bridgehead atoms. The summed E-state index contributed by atoms with van der Waals surface area (Å²) >= 11 is 6.34. The van der Waals surface area contributed by atoms with Gasteiger partial charge in [0, 0.05) is 55.6 Å². The van der Waals surface area contributed by atoms with E-state index in [4.69, 9.17) is 40.9 Å². The molecule has 0 amide bonds. The summed E-state index contributed by atoms with van der Waals surface area (Å²) in [6, 6.07) is 8.20. The molecule has 0 aliphatic carbocycles. The maximum Gasteiger partial charge on any atom is 0.490 e. The van der Waals surface area contributed by atoms with Gasteiger partial charge in [0.15, 0.2) is 0 Å². The molecule has 3 aliphatic rings. The van der Waals surface area contributed by atoms with Crippen LogP contribution >= 0.6 is 11.6 Å². The highest BCUT2D eigenvalue weighted by Gasteiger charge is 2.51. The number of alkyl halides is 6. The second-order valence-electron chi connectivity index (χ2n) is 8.83. The summed E-state index contributed by atoms with van der Waals surface area (Å²) in [7, 11) is 0. The van der Waals surface area contributed by atoms with Gasteiger partial charge in [-0.25, -0.2) is 9.59 Å². The van der Waals surface area contributed by atoms with Crippen molar-refractivity contribution in [3.63, 3.8) is 0 Å². The van der Waals surface area contributed by atoms with Gasteiger partial charge in [0.1, 0.15) is 0 Å². The molecule has 0 unspecified atom stereocenters. The molecule has 37 heavy (non-hydrogen) atoms. The van der Waals surface area contributed by atoms with E-state index in [0.29, 0.717) is 11.3 Å². The molecule has 4 rings (SSSR count). The minimum Gasteiger partial charge on any atom is -0.475 e. The zero-order valence-corrected chi connectivity index (χ0v) is 20.3. The summed E-state index contributed by atoms with van der Waals surface area (Å²) < 4.78 is 74.8. The lowest BCUT2D eigenvalue weighted by Crippen LogP contribution is -2.47. The molecule has 8 nitrogen and oxygen atoms in total. The molecule has 0 aromatic heterocycles. The molecule has 210 valence electrons. The minimum absolute atomic E-state index is 0.290. The Morgan fingerprint density at radius 2 is 1.51 bits per heavy atom. The van der Waals surface area contributed by atoms with Crippen molar-refractivity contribution < 1.29 is 55.6 Å². The minimum atomic E-state index is -5.08. The number of aliphatic carboxylic acids is 2. The molecule has 2 atom stereocenters. The normalized spacial score (nSPS) is 24.4. The van der Waals surface area contributed by atoms with E-state index in [9.17, 15) is 26.3 Å². The molecule has 3 saturated heterocycles. The van der Waals surface area contributed by atoms with Crippen molar-refractivity contribution in [3.8, 4) is 0 Å². The Bertz CT molecular complexity index is 888. The van der Waals surface area contributed by atoms with Crippen LogP contribution in [0.1, 0.15) is 5.56 Å². The first-order valence-corrected chi connectivity index (χ1v) is 11.5. The fourth-order valence-electron chi connectivity index (χ4n) is 4.36. The molecule has 0 spiro atoms. The average molecular weight is 565 g/mol. The van der Waals surface area contributed by atoms with Gasteiger partial charge < -0.3 is 19.7 Å². The number of hydrogen-bond donors (Lipinski definition) is 2. The number of ether oxygens (including phenoxy) is 2. The predicted molar refractivity (Wildman–Crippen MR) is 118 cm³/mol.